The number of hydrogen-bond donors (Lipinski definition) is 2. The summed E-state index contributed by atoms with van der Waals surface area (Å²) in [5.74, 6) is -2.43. The van der Waals surface area contributed by atoms with Crippen molar-refractivity contribution in [1.82, 2.24) is 25.5 Å². The first-order valence-electron chi connectivity index (χ1n) is 10.6. The number of benzene rings is 2. The summed E-state index contributed by atoms with van der Waals surface area (Å²) in [6.07, 6.45) is -5.41. The molecule has 0 aliphatic rings. The van der Waals surface area contributed by atoms with E-state index in [1.54, 1.807) is 24.4 Å². The van der Waals surface area contributed by atoms with Crippen molar-refractivity contribution in [2.75, 3.05) is 5.32 Å². The van der Waals surface area contributed by atoms with Crippen LogP contribution in [0, 0.1) is 0 Å². The smallest absolute Gasteiger partial charge is 0.445 e. The number of aromatic nitrogens is 4. The highest BCUT2D eigenvalue weighted by Gasteiger charge is 2.38. The number of rotatable bonds is 10. The average Bonchev–Trinajstić information content (AvgIpc) is 3.28. The van der Waals surface area contributed by atoms with Crippen LogP contribution in [0.4, 0.5) is 23.7 Å². The Labute approximate surface area is 207 Å². The van der Waals surface area contributed by atoms with Crippen LogP contribution in [0.1, 0.15) is 18.9 Å². The van der Waals surface area contributed by atoms with Crippen LogP contribution in [-0.4, -0.2) is 50.2 Å². The van der Waals surface area contributed by atoms with Crippen LogP contribution < -0.4 is 10.6 Å². The van der Waals surface area contributed by atoms with Gasteiger partial charge in [-0.2, -0.15) is 13.2 Å². The zero-order valence-electron chi connectivity index (χ0n) is 18.9. The van der Waals surface area contributed by atoms with E-state index >= 15 is 0 Å². The van der Waals surface area contributed by atoms with E-state index in [1.165, 1.54) is 28.9 Å². The number of nitrogens with zero attached hydrogens (tertiary/aromatic N) is 4. The Balaban J connectivity index is 1.55. The van der Waals surface area contributed by atoms with Crippen LogP contribution in [0.25, 0.3) is 0 Å². The molecule has 14 heteroatoms. The van der Waals surface area contributed by atoms with Gasteiger partial charge < -0.3 is 15.4 Å². The number of carbonyl (C=O) groups is 3. The van der Waals surface area contributed by atoms with Gasteiger partial charge in [-0.1, -0.05) is 37.3 Å². The van der Waals surface area contributed by atoms with E-state index in [1.807, 2.05) is 18.2 Å². The molecule has 2 aromatic carbocycles. The highest BCUT2D eigenvalue weighted by Crippen LogP contribution is 2.27. The van der Waals surface area contributed by atoms with Crippen molar-refractivity contribution in [3.63, 3.8) is 0 Å². The van der Waals surface area contributed by atoms with Gasteiger partial charge in [-0.25, -0.2) is 9.48 Å². The number of ketones is 1. The highest BCUT2D eigenvalue weighted by molar-refractivity contribution is 7.99. The van der Waals surface area contributed by atoms with Gasteiger partial charge in [0.2, 0.25) is 5.16 Å². The standard InChI is InChI=1S/C22H21F3N6O4S/c1-2-17(27-21(34)35-13-14-6-4-3-5-7-14)18(32)12-31-20(28-29-30-31)36-16-10-8-15(9-11-16)26-19(33)22(23,24)25/h3-11,17H,2,12-13H2,1H3,(H,26,33)(H,27,34). The third-order valence-electron chi connectivity index (χ3n) is 4.69. The molecule has 1 unspecified atom stereocenters. The summed E-state index contributed by atoms with van der Waals surface area (Å²) in [6, 6.07) is 13.8. The number of Topliss-reactive ketones (excluding diaryl/α,β-unsaturated/α-hetero) is 1. The van der Waals surface area contributed by atoms with Crippen LogP contribution in [0.3, 0.4) is 0 Å². The largest absolute Gasteiger partial charge is 0.471 e. The lowest BCUT2D eigenvalue weighted by Crippen LogP contribution is -2.42. The molecule has 3 aromatic rings. The first-order chi connectivity index (χ1) is 17.2. The minimum Gasteiger partial charge on any atom is -0.445 e. The van der Waals surface area contributed by atoms with Crippen molar-refractivity contribution < 1.29 is 32.3 Å². The van der Waals surface area contributed by atoms with Crippen molar-refractivity contribution in [2.45, 2.75) is 48.8 Å². The fourth-order valence-electron chi connectivity index (χ4n) is 2.86. The van der Waals surface area contributed by atoms with Crippen LogP contribution in [-0.2, 0) is 27.5 Å². The molecule has 36 heavy (non-hydrogen) atoms. The number of alkyl carbamates (subject to hydrolysis) is 1. The molecule has 0 aliphatic heterocycles. The summed E-state index contributed by atoms with van der Waals surface area (Å²) in [6.45, 7) is 1.56. The maximum Gasteiger partial charge on any atom is 0.471 e. The first-order valence-corrected chi connectivity index (χ1v) is 11.4. The molecular weight excluding hydrogens is 501 g/mol. The molecule has 0 bridgehead atoms. The quantitative estimate of drug-likeness (QED) is 0.413. The Hall–Kier alpha value is -3.94. The molecular formula is C22H21F3N6O4S. The lowest BCUT2D eigenvalue weighted by Gasteiger charge is -2.16. The van der Waals surface area contributed by atoms with E-state index in [0.717, 1.165) is 17.3 Å². The summed E-state index contributed by atoms with van der Waals surface area (Å²) in [5, 5.41) is 15.7. The second-order valence-corrected chi connectivity index (χ2v) is 8.37. The molecule has 0 saturated heterocycles. The maximum atomic E-state index is 12.8. The Kier molecular flexibility index (Phi) is 9.00. The Morgan fingerprint density at radius 2 is 1.78 bits per heavy atom. The van der Waals surface area contributed by atoms with Crippen LogP contribution >= 0.6 is 11.8 Å². The zero-order chi connectivity index (χ0) is 26.1. The van der Waals surface area contributed by atoms with Gasteiger partial charge in [0.1, 0.15) is 13.2 Å². The third-order valence-corrected chi connectivity index (χ3v) is 5.67. The van der Waals surface area contributed by atoms with Crippen molar-refractivity contribution in [3.8, 4) is 0 Å². The summed E-state index contributed by atoms with van der Waals surface area (Å²) < 4.78 is 43.5. The molecule has 1 heterocycles. The average molecular weight is 523 g/mol. The van der Waals surface area contributed by atoms with Gasteiger partial charge in [-0.15, -0.1) is 5.10 Å². The number of ether oxygens (including phenoxy) is 1. The molecule has 10 nitrogen and oxygen atoms in total. The second-order valence-electron chi connectivity index (χ2n) is 7.33. The predicted octanol–water partition coefficient (Wildman–Crippen LogP) is 3.60. The minimum absolute atomic E-state index is 0.0348. The first kappa shape index (κ1) is 26.7. The van der Waals surface area contributed by atoms with Crippen LogP contribution in [0.15, 0.2) is 64.6 Å². The van der Waals surface area contributed by atoms with Crippen molar-refractivity contribution in [3.05, 3.63) is 60.2 Å². The molecule has 0 spiro atoms. The normalized spacial score (nSPS) is 12.0. The lowest BCUT2D eigenvalue weighted by atomic mass is 10.1. The minimum atomic E-state index is -4.99. The SMILES string of the molecule is CCC(NC(=O)OCc1ccccc1)C(=O)Cn1nnnc1Sc1ccc(NC(=O)C(F)(F)F)cc1. The molecule has 0 aliphatic carbocycles. The Morgan fingerprint density at radius 3 is 2.42 bits per heavy atom. The third kappa shape index (κ3) is 7.80. The van der Waals surface area contributed by atoms with E-state index in [0.29, 0.717) is 11.3 Å². The molecule has 1 aromatic heterocycles. The zero-order valence-corrected chi connectivity index (χ0v) is 19.7. The Morgan fingerprint density at radius 1 is 1.08 bits per heavy atom. The topological polar surface area (TPSA) is 128 Å². The number of hydrogen-bond acceptors (Lipinski definition) is 8. The van der Waals surface area contributed by atoms with Crippen LogP contribution in [0.5, 0.6) is 0 Å². The predicted molar refractivity (Wildman–Crippen MR) is 122 cm³/mol. The van der Waals surface area contributed by atoms with Crippen molar-refractivity contribution >= 4 is 35.2 Å². The fraction of sp³-hybridized carbons (Fsp3) is 0.273. The number of nitrogens with one attached hydrogen (secondary N) is 2. The van der Waals surface area contributed by atoms with E-state index < -0.39 is 24.2 Å². The molecule has 0 radical (unpaired) electrons. The Bertz CT molecular complexity index is 1190. The molecule has 2 amide bonds. The summed E-state index contributed by atoms with van der Waals surface area (Å²) >= 11 is 1.06. The van der Waals surface area contributed by atoms with Gasteiger partial charge >= 0.3 is 18.2 Å². The molecule has 0 saturated carbocycles. The fourth-order valence-corrected chi connectivity index (χ4v) is 3.62. The number of alkyl halides is 3. The molecule has 2 N–H and O–H groups in total. The number of anilines is 1. The van der Waals surface area contributed by atoms with E-state index in [2.05, 4.69) is 20.8 Å². The number of halogens is 3. The summed E-state index contributed by atoms with van der Waals surface area (Å²) in [5.41, 5.74) is 0.769. The lowest BCUT2D eigenvalue weighted by molar-refractivity contribution is -0.167. The van der Waals surface area contributed by atoms with Gasteiger partial charge in [-0.3, -0.25) is 9.59 Å². The molecule has 3 rings (SSSR count). The summed E-state index contributed by atoms with van der Waals surface area (Å²) in [7, 11) is 0. The van der Waals surface area contributed by atoms with Gasteiger partial charge in [-0.05, 0) is 58.4 Å². The van der Waals surface area contributed by atoms with Gasteiger partial charge in [0, 0.05) is 10.6 Å². The van der Waals surface area contributed by atoms with Crippen LogP contribution in [0.2, 0.25) is 0 Å². The highest BCUT2D eigenvalue weighted by atomic mass is 32.2. The maximum absolute atomic E-state index is 12.8. The van der Waals surface area contributed by atoms with Gasteiger partial charge in [0.25, 0.3) is 0 Å². The molecule has 0 fully saturated rings. The van der Waals surface area contributed by atoms with E-state index in [-0.39, 0.29) is 29.8 Å². The number of amides is 2. The summed E-state index contributed by atoms with van der Waals surface area (Å²) in [4.78, 5) is 36.5. The van der Waals surface area contributed by atoms with Crippen molar-refractivity contribution in [2.24, 2.45) is 0 Å². The van der Waals surface area contributed by atoms with E-state index in [4.69, 9.17) is 4.74 Å². The van der Waals surface area contributed by atoms with Crippen molar-refractivity contribution in [1.29, 1.82) is 0 Å². The number of tetrazole rings is 1. The van der Waals surface area contributed by atoms with E-state index in [9.17, 15) is 27.6 Å². The monoisotopic (exact) mass is 522 g/mol. The second kappa shape index (κ2) is 12.2. The molecule has 190 valence electrons. The van der Waals surface area contributed by atoms with Gasteiger partial charge in [0.05, 0.1) is 6.04 Å². The number of carbonyl (C=O) groups excluding carboxylic acids is 3. The molecule has 1 atom stereocenters. The van der Waals surface area contributed by atoms with Gasteiger partial charge in [0.15, 0.2) is 5.78 Å².